The Kier molecular flexibility index (Phi) is 4.15. The summed E-state index contributed by atoms with van der Waals surface area (Å²) in [7, 11) is 0. The third-order valence-corrected chi connectivity index (χ3v) is 2.11. The maximum atomic E-state index is 12.7. The van der Waals surface area contributed by atoms with Crippen molar-refractivity contribution in [3.8, 4) is 5.75 Å². The van der Waals surface area contributed by atoms with Gasteiger partial charge in [0.1, 0.15) is 24.8 Å². The number of rotatable bonds is 4. The molecule has 4 heteroatoms. The third-order valence-electron chi connectivity index (χ3n) is 1.50. The molecule has 1 nitrogen and oxygen atoms in total. The Balaban J connectivity index is 2.79. The van der Waals surface area contributed by atoms with E-state index in [0.29, 0.717) is 16.6 Å². The summed E-state index contributed by atoms with van der Waals surface area (Å²) >= 11 is 3.19. The molecule has 0 unspecified atom stereocenters. The fraction of sp³-hybridized carbons (Fsp3) is 0.333. The van der Waals surface area contributed by atoms with Crippen molar-refractivity contribution in [1.29, 1.82) is 0 Å². The van der Waals surface area contributed by atoms with Crippen LogP contribution in [0.5, 0.6) is 5.75 Å². The Bertz CT molecular complexity index is 278. The van der Waals surface area contributed by atoms with Gasteiger partial charge in [0.05, 0.1) is 0 Å². The molecule has 72 valence electrons. The molecule has 1 rings (SSSR count). The van der Waals surface area contributed by atoms with E-state index >= 15 is 0 Å². The highest BCUT2D eigenvalue weighted by atomic mass is 79.9. The third kappa shape index (κ3) is 2.95. The molecule has 1 aromatic rings. The van der Waals surface area contributed by atoms with E-state index in [1.807, 2.05) is 0 Å². The predicted octanol–water partition coefficient (Wildman–Crippen LogP) is 3.07. The van der Waals surface area contributed by atoms with Crippen molar-refractivity contribution < 1.29 is 13.5 Å². The molecule has 13 heavy (non-hydrogen) atoms. The van der Waals surface area contributed by atoms with Gasteiger partial charge in [0.15, 0.2) is 0 Å². The lowest BCUT2D eigenvalue weighted by molar-refractivity contribution is 0.271. The molecule has 0 saturated heterocycles. The molecule has 0 aliphatic rings. The van der Waals surface area contributed by atoms with Crippen LogP contribution in [0, 0.1) is 5.82 Å². The van der Waals surface area contributed by atoms with Gasteiger partial charge < -0.3 is 4.74 Å². The zero-order valence-corrected chi connectivity index (χ0v) is 8.48. The largest absolute Gasteiger partial charge is 0.491 e. The SMILES string of the molecule is FCCOc1ccc(F)cc1CBr. The fourth-order valence-electron chi connectivity index (χ4n) is 0.942. The molecular formula is C9H9BrF2O. The van der Waals surface area contributed by atoms with E-state index < -0.39 is 6.67 Å². The van der Waals surface area contributed by atoms with Gasteiger partial charge >= 0.3 is 0 Å². The molecular weight excluding hydrogens is 242 g/mol. The topological polar surface area (TPSA) is 9.23 Å². The molecule has 0 aromatic heterocycles. The summed E-state index contributed by atoms with van der Waals surface area (Å²) in [6.07, 6.45) is 0. The monoisotopic (exact) mass is 250 g/mol. The first-order valence-electron chi connectivity index (χ1n) is 3.81. The van der Waals surface area contributed by atoms with E-state index in [2.05, 4.69) is 15.9 Å². The van der Waals surface area contributed by atoms with Crippen molar-refractivity contribution in [3.63, 3.8) is 0 Å². The Morgan fingerprint density at radius 1 is 1.38 bits per heavy atom. The molecule has 0 N–H and O–H groups in total. The first-order valence-corrected chi connectivity index (χ1v) is 4.93. The summed E-state index contributed by atoms with van der Waals surface area (Å²) in [5.41, 5.74) is 0.688. The second-order valence-electron chi connectivity index (χ2n) is 2.42. The summed E-state index contributed by atoms with van der Waals surface area (Å²) in [4.78, 5) is 0. The van der Waals surface area contributed by atoms with Crippen LogP contribution in [0.3, 0.4) is 0 Å². The van der Waals surface area contributed by atoms with E-state index in [0.717, 1.165) is 0 Å². The zero-order valence-electron chi connectivity index (χ0n) is 6.90. The number of alkyl halides is 2. The lowest BCUT2D eigenvalue weighted by Crippen LogP contribution is -2.01. The molecule has 0 fully saturated rings. The van der Waals surface area contributed by atoms with Crippen LogP contribution in [0.2, 0.25) is 0 Å². The lowest BCUT2D eigenvalue weighted by atomic mass is 10.2. The first-order chi connectivity index (χ1) is 6.27. The second kappa shape index (κ2) is 5.17. The van der Waals surface area contributed by atoms with E-state index in [1.165, 1.54) is 18.2 Å². The Hall–Kier alpha value is -0.640. The molecule has 0 heterocycles. The second-order valence-corrected chi connectivity index (χ2v) is 2.98. The minimum atomic E-state index is -0.543. The van der Waals surface area contributed by atoms with Crippen molar-refractivity contribution in [3.05, 3.63) is 29.6 Å². The van der Waals surface area contributed by atoms with Gasteiger partial charge in [-0.2, -0.15) is 0 Å². The van der Waals surface area contributed by atoms with Crippen LogP contribution in [-0.4, -0.2) is 13.3 Å². The van der Waals surface area contributed by atoms with Gasteiger partial charge in [-0.05, 0) is 18.2 Å². The number of ether oxygens (including phenoxy) is 1. The molecule has 0 amide bonds. The smallest absolute Gasteiger partial charge is 0.123 e. The van der Waals surface area contributed by atoms with Crippen molar-refractivity contribution >= 4 is 15.9 Å². The summed E-state index contributed by atoms with van der Waals surface area (Å²) in [6.45, 7) is -0.537. The van der Waals surface area contributed by atoms with Crippen molar-refractivity contribution in [1.82, 2.24) is 0 Å². The van der Waals surface area contributed by atoms with Gasteiger partial charge in [-0.3, -0.25) is 0 Å². The highest BCUT2D eigenvalue weighted by molar-refractivity contribution is 9.08. The lowest BCUT2D eigenvalue weighted by Gasteiger charge is -2.07. The average Bonchev–Trinajstić information content (AvgIpc) is 2.16. The molecule has 0 aliphatic carbocycles. The first kappa shape index (κ1) is 10.4. The van der Waals surface area contributed by atoms with Gasteiger partial charge in [0, 0.05) is 10.9 Å². The maximum Gasteiger partial charge on any atom is 0.123 e. The molecule has 0 aliphatic heterocycles. The maximum absolute atomic E-state index is 12.7. The number of hydrogen-bond donors (Lipinski definition) is 0. The summed E-state index contributed by atoms with van der Waals surface area (Å²) in [6, 6.07) is 4.16. The van der Waals surface area contributed by atoms with Crippen LogP contribution in [-0.2, 0) is 5.33 Å². The number of halogens is 3. The van der Waals surface area contributed by atoms with Gasteiger partial charge in [0.25, 0.3) is 0 Å². The fourth-order valence-corrected chi connectivity index (χ4v) is 1.38. The highest BCUT2D eigenvalue weighted by Crippen LogP contribution is 2.21. The minimum absolute atomic E-state index is 0.00559. The summed E-state index contributed by atoms with van der Waals surface area (Å²) in [5.74, 6) is 0.206. The van der Waals surface area contributed by atoms with Crippen LogP contribution in [0.1, 0.15) is 5.56 Å². The van der Waals surface area contributed by atoms with Gasteiger partial charge in [-0.25, -0.2) is 8.78 Å². The normalized spacial score (nSPS) is 10.1. The van der Waals surface area contributed by atoms with Crippen molar-refractivity contribution in [2.24, 2.45) is 0 Å². The molecule has 0 atom stereocenters. The average molecular weight is 251 g/mol. The van der Waals surface area contributed by atoms with Crippen LogP contribution in [0.15, 0.2) is 18.2 Å². The van der Waals surface area contributed by atoms with Crippen LogP contribution >= 0.6 is 15.9 Å². The predicted molar refractivity (Wildman–Crippen MR) is 50.5 cm³/mol. The molecule has 1 aromatic carbocycles. The van der Waals surface area contributed by atoms with E-state index in [1.54, 1.807) is 0 Å². The Labute approximate surface area is 83.8 Å². The van der Waals surface area contributed by atoms with Crippen LogP contribution in [0.25, 0.3) is 0 Å². The van der Waals surface area contributed by atoms with Gasteiger partial charge in [0.2, 0.25) is 0 Å². The molecule has 0 bridgehead atoms. The van der Waals surface area contributed by atoms with E-state index in [4.69, 9.17) is 4.74 Å². The quantitative estimate of drug-likeness (QED) is 0.747. The minimum Gasteiger partial charge on any atom is -0.491 e. The van der Waals surface area contributed by atoms with E-state index in [-0.39, 0.29) is 12.4 Å². The number of hydrogen-bond acceptors (Lipinski definition) is 1. The molecule has 0 saturated carbocycles. The Morgan fingerprint density at radius 2 is 2.15 bits per heavy atom. The standard InChI is InChI=1S/C9H9BrF2O/c10-6-7-5-8(12)1-2-9(7)13-4-3-11/h1-2,5H,3-4,6H2. The van der Waals surface area contributed by atoms with Crippen LogP contribution < -0.4 is 4.74 Å². The van der Waals surface area contributed by atoms with Crippen LogP contribution in [0.4, 0.5) is 8.78 Å². The highest BCUT2D eigenvalue weighted by Gasteiger charge is 2.03. The number of benzene rings is 1. The van der Waals surface area contributed by atoms with Gasteiger partial charge in [-0.1, -0.05) is 15.9 Å². The summed E-state index contributed by atoms with van der Waals surface area (Å²) in [5, 5.41) is 0.492. The Morgan fingerprint density at radius 3 is 2.77 bits per heavy atom. The summed E-state index contributed by atoms with van der Waals surface area (Å²) < 4.78 is 29.5. The van der Waals surface area contributed by atoms with Gasteiger partial charge in [-0.15, -0.1) is 0 Å². The molecule has 0 spiro atoms. The van der Waals surface area contributed by atoms with E-state index in [9.17, 15) is 8.78 Å². The zero-order chi connectivity index (χ0) is 9.68. The van der Waals surface area contributed by atoms with Crippen molar-refractivity contribution in [2.45, 2.75) is 5.33 Å². The molecule has 0 radical (unpaired) electrons. The van der Waals surface area contributed by atoms with Crippen molar-refractivity contribution in [2.75, 3.05) is 13.3 Å².